The Bertz CT molecular complexity index is 243. The van der Waals surface area contributed by atoms with Crippen molar-refractivity contribution in [2.24, 2.45) is 17.3 Å². The Kier molecular flexibility index (Phi) is 5.44. The smallest absolute Gasteiger partial charge is 0.0163 e. The Hall–Kier alpha value is 0.310. The fourth-order valence-corrected chi connectivity index (χ4v) is 4.88. The molecule has 1 nitrogen and oxygen atoms in total. The first-order chi connectivity index (χ1) is 8.59. The third-order valence-corrected chi connectivity index (χ3v) is 6.47. The van der Waals surface area contributed by atoms with Crippen molar-refractivity contribution < 1.29 is 0 Å². The van der Waals surface area contributed by atoms with Gasteiger partial charge in [0.05, 0.1) is 0 Å². The number of thioether (sulfide) groups is 1. The van der Waals surface area contributed by atoms with Crippen LogP contribution in [-0.4, -0.2) is 24.1 Å². The van der Waals surface area contributed by atoms with Gasteiger partial charge in [-0.2, -0.15) is 11.8 Å². The molecule has 1 unspecified atom stereocenters. The topological polar surface area (TPSA) is 12.0 Å². The summed E-state index contributed by atoms with van der Waals surface area (Å²) < 4.78 is 0. The number of hydrogen-bond donors (Lipinski definition) is 1. The highest BCUT2D eigenvalue weighted by atomic mass is 32.2. The van der Waals surface area contributed by atoms with E-state index in [2.05, 4.69) is 37.8 Å². The molecule has 2 rings (SSSR count). The molecule has 2 fully saturated rings. The molecule has 1 aliphatic heterocycles. The quantitative estimate of drug-likeness (QED) is 0.815. The van der Waals surface area contributed by atoms with E-state index in [4.69, 9.17) is 0 Å². The average Bonchev–Trinajstić information content (AvgIpc) is 2.36. The minimum atomic E-state index is 0.542. The van der Waals surface area contributed by atoms with E-state index >= 15 is 0 Å². The van der Waals surface area contributed by atoms with Crippen molar-refractivity contribution in [3.63, 3.8) is 0 Å². The van der Waals surface area contributed by atoms with E-state index in [0.717, 1.165) is 17.9 Å². The van der Waals surface area contributed by atoms with E-state index in [0.29, 0.717) is 5.41 Å². The Morgan fingerprint density at radius 3 is 2.39 bits per heavy atom. The van der Waals surface area contributed by atoms with Crippen LogP contribution in [0.25, 0.3) is 0 Å². The Labute approximate surface area is 118 Å². The largest absolute Gasteiger partial charge is 0.313 e. The fourth-order valence-electron chi connectivity index (χ4n) is 3.57. The molecule has 0 amide bonds. The van der Waals surface area contributed by atoms with Gasteiger partial charge in [-0.3, -0.25) is 0 Å². The summed E-state index contributed by atoms with van der Waals surface area (Å²) in [5.41, 5.74) is 0.542. The molecule has 0 aromatic rings. The van der Waals surface area contributed by atoms with Crippen LogP contribution in [0.4, 0.5) is 0 Å². The number of rotatable bonds is 4. The Morgan fingerprint density at radius 1 is 1.11 bits per heavy atom. The maximum Gasteiger partial charge on any atom is 0.0163 e. The zero-order valence-electron chi connectivity index (χ0n) is 12.5. The van der Waals surface area contributed by atoms with E-state index in [1.165, 1.54) is 56.6 Å². The lowest BCUT2D eigenvalue weighted by molar-refractivity contribution is 0.245. The van der Waals surface area contributed by atoms with Gasteiger partial charge in [-0.1, -0.05) is 40.0 Å². The summed E-state index contributed by atoms with van der Waals surface area (Å²) in [6.07, 6.45) is 8.66. The van der Waals surface area contributed by atoms with Gasteiger partial charge in [0.25, 0.3) is 0 Å². The zero-order chi connectivity index (χ0) is 13.0. The van der Waals surface area contributed by atoms with Crippen molar-refractivity contribution in [2.75, 3.05) is 18.1 Å². The number of hydrogen-bond acceptors (Lipinski definition) is 2. The lowest BCUT2D eigenvalue weighted by Crippen LogP contribution is -2.42. The summed E-state index contributed by atoms with van der Waals surface area (Å²) in [5, 5.41) is 3.86. The van der Waals surface area contributed by atoms with E-state index < -0.39 is 0 Å². The lowest BCUT2D eigenvalue weighted by Gasteiger charge is -2.36. The molecule has 0 aromatic heterocycles. The van der Waals surface area contributed by atoms with Gasteiger partial charge < -0.3 is 5.32 Å². The van der Waals surface area contributed by atoms with Gasteiger partial charge in [0.1, 0.15) is 0 Å². The third kappa shape index (κ3) is 4.45. The second-order valence-corrected chi connectivity index (χ2v) is 8.31. The van der Waals surface area contributed by atoms with Gasteiger partial charge in [-0.15, -0.1) is 0 Å². The molecule has 1 atom stereocenters. The lowest BCUT2D eigenvalue weighted by atomic mass is 9.80. The van der Waals surface area contributed by atoms with Crippen LogP contribution >= 0.6 is 11.8 Å². The summed E-state index contributed by atoms with van der Waals surface area (Å²) in [4.78, 5) is 0. The van der Waals surface area contributed by atoms with Crippen molar-refractivity contribution >= 4 is 11.8 Å². The molecule has 0 radical (unpaired) electrons. The monoisotopic (exact) mass is 269 g/mol. The molecule has 0 bridgehead atoms. The predicted molar refractivity (Wildman–Crippen MR) is 83.3 cm³/mol. The molecule has 1 saturated heterocycles. The van der Waals surface area contributed by atoms with Crippen molar-refractivity contribution in [1.82, 2.24) is 5.32 Å². The molecule has 0 aromatic carbocycles. The minimum Gasteiger partial charge on any atom is -0.313 e. The highest BCUT2D eigenvalue weighted by molar-refractivity contribution is 7.99. The van der Waals surface area contributed by atoms with Gasteiger partial charge in [-0.05, 0) is 48.8 Å². The van der Waals surface area contributed by atoms with Gasteiger partial charge in [-0.25, -0.2) is 0 Å². The highest BCUT2D eigenvalue weighted by Crippen LogP contribution is 2.34. The zero-order valence-corrected chi connectivity index (χ0v) is 13.3. The molecule has 106 valence electrons. The molecule has 1 saturated carbocycles. The molecule has 18 heavy (non-hydrogen) atoms. The molecular weight excluding hydrogens is 238 g/mol. The van der Waals surface area contributed by atoms with Crippen LogP contribution in [-0.2, 0) is 0 Å². The Balaban J connectivity index is 1.66. The van der Waals surface area contributed by atoms with Crippen LogP contribution < -0.4 is 5.32 Å². The van der Waals surface area contributed by atoms with Gasteiger partial charge in [0, 0.05) is 11.8 Å². The van der Waals surface area contributed by atoms with E-state index in [1.54, 1.807) is 0 Å². The predicted octanol–water partition coefficient (Wildman–Crippen LogP) is 4.32. The summed E-state index contributed by atoms with van der Waals surface area (Å²) >= 11 is 2.14. The van der Waals surface area contributed by atoms with Crippen LogP contribution in [0.1, 0.15) is 59.3 Å². The summed E-state index contributed by atoms with van der Waals surface area (Å²) in [6, 6.07) is 0.766. The third-order valence-electron chi connectivity index (χ3n) is 4.85. The van der Waals surface area contributed by atoms with Gasteiger partial charge in [0.15, 0.2) is 0 Å². The summed E-state index contributed by atoms with van der Waals surface area (Å²) in [6.45, 7) is 8.46. The maximum atomic E-state index is 3.86. The Morgan fingerprint density at radius 2 is 1.78 bits per heavy atom. The maximum absolute atomic E-state index is 3.86. The molecule has 2 heteroatoms. The van der Waals surface area contributed by atoms with Crippen molar-refractivity contribution in [3.8, 4) is 0 Å². The van der Waals surface area contributed by atoms with Crippen molar-refractivity contribution in [3.05, 3.63) is 0 Å². The van der Waals surface area contributed by atoms with Crippen molar-refractivity contribution in [1.29, 1.82) is 0 Å². The van der Waals surface area contributed by atoms with Crippen LogP contribution in [0.2, 0.25) is 0 Å². The second kappa shape index (κ2) is 6.65. The van der Waals surface area contributed by atoms with Crippen LogP contribution in [0.5, 0.6) is 0 Å². The molecule has 1 aliphatic carbocycles. The van der Waals surface area contributed by atoms with Crippen LogP contribution in [0.15, 0.2) is 0 Å². The van der Waals surface area contributed by atoms with Gasteiger partial charge in [0.2, 0.25) is 0 Å². The standard InChI is InChI=1S/C16H31NS/c1-4-13-5-7-14(8-6-13)10-17-15-9-16(2,3)12-18-11-15/h13-15,17H,4-12H2,1-3H3. The molecular formula is C16H31NS. The first-order valence-electron chi connectivity index (χ1n) is 7.90. The summed E-state index contributed by atoms with van der Waals surface area (Å²) in [7, 11) is 0. The van der Waals surface area contributed by atoms with Crippen LogP contribution in [0, 0.1) is 17.3 Å². The highest BCUT2D eigenvalue weighted by Gasteiger charge is 2.29. The van der Waals surface area contributed by atoms with E-state index in [1.807, 2.05) is 0 Å². The molecule has 1 N–H and O–H groups in total. The van der Waals surface area contributed by atoms with Crippen LogP contribution in [0.3, 0.4) is 0 Å². The summed E-state index contributed by atoms with van der Waals surface area (Å²) in [5.74, 6) is 4.66. The second-order valence-electron chi connectivity index (χ2n) is 7.28. The van der Waals surface area contributed by atoms with Gasteiger partial charge >= 0.3 is 0 Å². The SMILES string of the molecule is CCC1CCC(CNC2CSCC(C)(C)C2)CC1. The van der Waals surface area contributed by atoms with E-state index in [9.17, 15) is 0 Å². The molecule has 0 spiro atoms. The number of nitrogens with one attached hydrogen (secondary N) is 1. The molecule has 1 heterocycles. The fraction of sp³-hybridized carbons (Fsp3) is 1.00. The minimum absolute atomic E-state index is 0.542. The van der Waals surface area contributed by atoms with E-state index in [-0.39, 0.29) is 0 Å². The normalized spacial score (nSPS) is 36.5. The first-order valence-corrected chi connectivity index (χ1v) is 9.05. The first kappa shape index (κ1) is 14.7. The average molecular weight is 269 g/mol. The van der Waals surface area contributed by atoms with Crippen molar-refractivity contribution in [2.45, 2.75) is 65.3 Å². The molecule has 2 aliphatic rings.